The lowest BCUT2D eigenvalue weighted by Crippen LogP contribution is -2.37. The van der Waals surface area contributed by atoms with E-state index >= 15 is 0 Å². The highest BCUT2D eigenvalue weighted by atomic mass is 31.2. The molecule has 5 unspecified atom stereocenters. The van der Waals surface area contributed by atoms with Crippen molar-refractivity contribution < 1.29 is 27.9 Å². The third-order valence-corrected chi connectivity index (χ3v) is 8.29. The lowest BCUT2D eigenvalue weighted by atomic mass is 10.0. The van der Waals surface area contributed by atoms with Gasteiger partial charge in [0.1, 0.15) is 18.4 Å². The molecule has 0 saturated carbocycles. The Morgan fingerprint density at radius 2 is 1.79 bits per heavy atom. The van der Waals surface area contributed by atoms with Crippen LogP contribution in [0.5, 0.6) is 5.75 Å². The average molecular weight is 474 g/mol. The molecule has 2 saturated heterocycles. The molecule has 0 amide bonds. The van der Waals surface area contributed by atoms with Crippen molar-refractivity contribution in [3.63, 3.8) is 0 Å². The first-order chi connectivity index (χ1) is 15.9. The third kappa shape index (κ3) is 6.04. The third-order valence-electron chi connectivity index (χ3n) is 6.27. The molecule has 2 aliphatic rings. The number of carbonyl (C=O) groups is 1. The van der Waals surface area contributed by atoms with E-state index in [4.69, 9.17) is 18.5 Å². The lowest BCUT2D eigenvalue weighted by molar-refractivity contribution is -0.149. The zero-order valence-electron chi connectivity index (χ0n) is 19.2. The largest absolute Gasteiger partial charge is 0.462 e. The van der Waals surface area contributed by atoms with Crippen LogP contribution in [-0.4, -0.2) is 42.0 Å². The van der Waals surface area contributed by atoms with Gasteiger partial charge in [0.15, 0.2) is 0 Å². The van der Waals surface area contributed by atoms with Gasteiger partial charge in [-0.15, -0.1) is 0 Å². The molecule has 4 rings (SSSR count). The van der Waals surface area contributed by atoms with E-state index in [-0.39, 0.29) is 25.4 Å². The summed E-state index contributed by atoms with van der Waals surface area (Å²) in [4.78, 5) is 13.0. The minimum Gasteiger partial charge on any atom is -0.460 e. The Balaban J connectivity index is 1.48. The van der Waals surface area contributed by atoms with Crippen LogP contribution in [0.3, 0.4) is 0 Å². The molecule has 2 fully saturated rings. The van der Waals surface area contributed by atoms with Gasteiger partial charge in [-0.05, 0) is 49.8 Å². The van der Waals surface area contributed by atoms with Gasteiger partial charge in [-0.1, -0.05) is 55.5 Å². The zero-order chi connectivity index (χ0) is 23.3. The minimum atomic E-state index is -3.83. The Morgan fingerprint density at radius 3 is 2.45 bits per heavy atom. The van der Waals surface area contributed by atoms with Crippen molar-refractivity contribution in [2.24, 2.45) is 5.92 Å². The molecular weight excluding hydrogens is 441 g/mol. The molecule has 0 aliphatic carbocycles. The quantitative estimate of drug-likeness (QED) is 0.366. The number of rotatable bonds is 9. The lowest BCUT2D eigenvalue weighted by Gasteiger charge is -2.31. The standard InChI is InChI=1S/C25H32NO6P/c1-19-16-23(31-20(19)2)18-30-33(28,32-22-12-7-4-8-13-22)26-15-9-14-24(26)25(27)29-17-21-10-5-3-6-11-21/h3-8,10-13,19-20,23-24H,9,14-18H2,1-2H3. The van der Waals surface area contributed by atoms with Gasteiger partial charge in [0.05, 0.1) is 18.8 Å². The molecule has 7 nitrogen and oxygen atoms in total. The highest BCUT2D eigenvalue weighted by Crippen LogP contribution is 2.55. The monoisotopic (exact) mass is 473 g/mol. The Morgan fingerprint density at radius 1 is 1.09 bits per heavy atom. The van der Waals surface area contributed by atoms with Gasteiger partial charge in [0.25, 0.3) is 0 Å². The van der Waals surface area contributed by atoms with Crippen LogP contribution in [0.15, 0.2) is 60.7 Å². The van der Waals surface area contributed by atoms with E-state index in [2.05, 4.69) is 6.92 Å². The van der Waals surface area contributed by atoms with Crippen LogP contribution in [0.1, 0.15) is 38.7 Å². The normalized spacial score (nSPS) is 27.2. The van der Waals surface area contributed by atoms with Crippen LogP contribution >= 0.6 is 7.75 Å². The van der Waals surface area contributed by atoms with Gasteiger partial charge >= 0.3 is 13.7 Å². The predicted molar refractivity (Wildman–Crippen MR) is 125 cm³/mol. The SMILES string of the molecule is CC1CC(COP(=O)(Oc2ccccc2)N2CCCC2C(=O)OCc2ccccc2)OC1C. The smallest absolute Gasteiger partial charge is 0.460 e. The van der Waals surface area contributed by atoms with E-state index in [9.17, 15) is 9.36 Å². The van der Waals surface area contributed by atoms with Gasteiger partial charge < -0.3 is 14.0 Å². The summed E-state index contributed by atoms with van der Waals surface area (Å²) in [5.41, 5.74) is 0.900. The number of nitrogens with zero attached hydrogens (tertiary/aromatic N) is 1. The first-order valence-corrected chi connectivity index (χ1v) is 13.1. The molecule has 0 N–H and O–H groups in total. The first-order valence-electron chi connectivity index (χ1n) is 11.6. The van der Waals surface area contributed by atoms with Crippen molar-refractivity contribution >= 4 is 13.7 Å². The molecule has 2 aromatic carbocycles. The van der Waals surface area contributed by atoms with Crippen molar-refractivity contribution in [2.75, 3.05) is 13.2 Å². The highest BCUT2D eigenvalue weighted by Gasteiger charge is 2.47. The predicted octanol–water partition coefficient (Wildman–Crippen LogP) is 5.21. The van der Waals surface area contributed by atoms with Crippen molar-refractivity contribution in [2.45, 2.75) is 58.0 Å². The Bertz CT molecular complexity index is 946. The Kier molecular flexibility index (Phi) is 7.86. The molecule has 2 aliphatic heterocycles. The van der Waals surface area contributed by atoms with E-state index in [0.717, 1.165) is 12.0 Å². The number of hydrogen-bond acceptors (Lipinski definition) is 6. The summed E-state index contributed by atoms with van der Waals surface area (Å²) in [6.45, 7) is 4.89. The Hall–Kier alpha value is -2.18. The number of ether oxygens (including phenoxy) is 2. The molecule has 178 valence electrons. The summed E-state index contributed by atoms with van der Waals surface area (Å²) in [5, 5.41) is 0. The molecule has 0 spiro atoms. The topological polar surface area (TPSA) is 74.3 Å². The fraction of sp³-hybridized carbons (Fsp3) is 0.480. The molecule has 0 radical (unpaired) electrons. The van der Waals surface area contributed by atoms with Gasteiger partial charge in [0.2, 0.25) is 0 Å². The summed E-state index contributed by atoms with van der Waals surface area (Å²) in [6, 6.07) is 17.7. The second kappa shape index (κ2) is 10.8. The van der Waals surface area contributed by atoms with Crippen molar-refractivity contribution in [3.05, 3.63) is 66.2 Å². The van der Waals surface area contributed by atoms with E-state index in [1.54, 1.807) is 28.9 Å². The molecule has 2 aromatic rings. The van der Waals surface area contributed by atoms with Crippen molar-refractivity contribution in [1.29, 1.82) is 0 Å². The second-order valence-corrected chi connectivity index (χ2v) is 10.7. The number of hydrogen-bond donors (Lipinski definition) is 0. The maximum absolute atomic E-state index is 14.1. The fourth-order valence-corrected chi connectivity index (χ4v) is 6.25. The summed E-state index contributed by atoms with van der Waals surface area (Å²) in [5.74, 6) is 0.412. The summed E-state index contributed by atoms with van der Waals surface area (Å²) < 4.78 is 39.1. The molecule has 8 heteroatoms. The van der Waals surface area contributed by atoms with Gasteiger partial charge in [0, 0.05) is 6.54 Å². The van der Waals surface area contributed by atoms with E-state index < -0.39 is 19.8 Å². The van der Waals surface area contributed by atoms with Gasteiger partial charge in [-0.25, -0.2) is 4.57 Å². The van der Waals surface area contributed by atoms with E-state index in [1.807, 2.05) is 43.3 Å². The molecule has 0 aromatic heterocycles. The fourth-order valence-electron chi connectivity index (χ4n) is 4.26. The second-order valence-electron chi connectivity index (χ2n) is 8.76. The zero-order valence-corrected chi connectivity index (χ0v) is 20.1. The molecular formula is C25H32NO6P. The van der Waals surface area contributed by atoms with Gasteiger partial charge in [-0.2, -0.15) is 4.67 Å². The van der Waals surface area contributed by atoms with Crippen LogP contribution in [0.2, 0.25) is 0 Å². The molecule has 0 bridgehead atoms. The molecule has 5 atom stereocenters. The number of benzene rings is 2. The minimum absolute atomic E-state index is 0.125. The number of carbonyl (C=O) groups excluding carboxylic acids is 1. The van der Waals surface area contributed by atoms with Crippen molar-refractivity contribution in [3.8, 4) is 5.75 Å². The molecule has 33 heavy (non-hydrogen) atoms. The van der Waals surface area contributed by atoms with Crippen LogP contribution in [0, 0.1) is 5.92 Å². The summed E-state index contributed by atoms with van der Waals surface area (Å²) >= 11 is 0. The Labute approximate surface area is 195 Å². The number of para-hydroxylation sites is 1. The van der Waals surface area contributed by atoms with Crippen LogP contribution in [0.4, 0.5) is 0 Å². The van der Waals surface area contributed by atoms with E-state index in [1.165, 1.54) is 0 Å². The number of esters is 1. The van der Waals surface area contributed by atoms with Crippen LogP contribution in [0.25, 0.3) is 0 Å². The maximum atomic E-state index is 14.1. The maximum Gasteiger partial charge on any atom is 0.462 e. The highest BCUT2D eigenvalue weighted by molar-refractivity contribution is 7.51. The average Bonchev–Trinajstić information content (AvgIpc) is 3.45. The molecule has 2 heterocycles. The van der Waals surface area contributed by atoms with E-state index in [0.29, 0.717) is 31.1 Å². The van der Waals surface area contributed by atoms with Crippen molar-refractivity contribution in [1.82, 2.24) is 4.67 Å². The van der Waals surface area contributed by atoms with Crippen LogP contribution < -0.4 is 4.52 Å². The van der Waals surface area contributed by atoms with Gasteiger partial charge in [-0.3, -0.25) is 9.32 Å². The summed E-state index contributed by atoms with van der Waals surface area (Å²) in [6.07, 6.45) is 2.03. The summed E-state index contributed by atoms with van der Waals surface area (Å²) in [7, 11) is -3.83. The first kappa shape index (κ1) is 24.0. The van der Waals surface area contributed by atoms with Crippen LogP contribution in [-0.2, 0) is 30.0 Å².